The molecule has 1 heterocycles. The summed E-state index contributed by atoms with van der Waals surface area (Å²) in [5.74, 6) is -0.263. The van der Waals surface area contributed by atoms with E-state index < -0.39 is 18.2 Å². The first-order valence-electron chi connectivity index (χ1n) is 5.94. The van der Waals surface area contributed by atoms with Gasteiger partial charge < -0.3 is 20.3 Å². The van der Waals surface area contributed by atoms with Crippen LogP contribution in [0.15, 0.2) is 30.3 Å². The second kappa shape index (κ2) is 5.95. The minimum atomic E-state index is -1.01. The molecule has 0 unspecified atom stereocenters. The third-order valence-electron chi connectivity index (χ3n) is 2.96. The van der Waals surface area contributed by atoms with E-state index in [1.807, 2.05) is 30.3 Å². The van der Waals surface area contributed by atoms with Crippen LogP contribution < -0.4 is 5.32 Å². The maximum Gasteiger partial charge on any atom is 0.223 e. The Labute approximate surface area is 105 Å². The number of ether oxygens (including phenoxy) is 1. The van der Waals surface area contributed by atoms with E-state index in [1.54, 1.807) is 0 Å². The molecule has 0 radical (unpaired) electrons. The second-order valence-electron chi connectivity index (χ2n) is 4.44. The van der Waals surface area contributed by atoms with Crippen LogP contribution in [0.5, 0.6) is 0 Å². The summed E-state index contributed by atoms with van der Waals surface area (Å²) >= 11 is 0. The van der Waals surface area contributed by atoms with Crippen molar-refractivity contribution in [3.05, 3.63) is 35.9 Å². The highest BCUT2D eigenvalue weighted by Gasteiger charge is 2.34. The molecule has 1 aliphatic heterocycles. The predicted molar refractivity (Wildman–Crippen MR) is 64.7 cm³/mol. The molecular formula is C13H17NO4. The number of aliphatic hydroxyl groups excluding tert-OH is 2. The molecule has 1 aromatic rings. The van der Waals surface area contributed by atoms with Gasteiger partial charge in [-0.3, -0.25) is 4.79 Å². The summed E-state index contributed by atoms with van der Waals surface area (Å²) in [7, 11) is 0. The Balaban J connectivity index is 1.81. The molecule has 1 aliphatic rings. The number of rotatable bonds is 4. The van der Waals surface area contributed by atoms with Crippen LogP contribution in [0.4, 0.5) is 0 Å². The van der Waals surface area contributed by atoms with Crippen molar-refractivity contribution in [2.24, 2.45) is 0 Å². The Morgan fingerprint density at radius 2 is 2.00 bits per heavy atom. The fourth-order valence-corrected chi connectivity index (χ4v) is 1.95. The van der Waals surface area contributed by atoms with Crippen LogP contribution in [0.25, 0.3) is 0 Å². The second-order valence-corrected chi connectivity index (χ2v) is 4.44. The van der Waals surface area contributed by atoms with Crippen LogP contribution in [0.2, 0.25) is 0 Å². The number of piperidine rings is 1. The number of carbonyl (C=O) groups is 1. The topological polar surface area (TPSA) is 78.8 Å². The SMILES string of the molecule is O=C1C[C@H](O)[C@@H](O)[C@@H](COCc2ccccc2)N1. The van der Waals surface area contributed by atoms with Gasteiger partial charge in [-0.2, -0.15) is 0 Å². The van der Waals surface area contributed by atoms with Gasteiger partial charge in [-0.15, -0.1) is 0 Å². The zero-order valence-electron chi connectivity index (χ0n) is 9.95. The number of aliphatic hydroxyl groups is 2. The van der Waals surface area contributed by atoms with E-state index in [0.29, 0.717) is 6.61 Å². The van der Waals surface area contributed by atoms with Crippen LogP contribution in [0, 0.1) is 0 Å². The summed E-state index contributed by atoms with van der Waals surface area (Å²) in [6.07, 6.45) is -2.04. The highest BCUT2D eigenvalue weighted by molar-refractivity contribution is 5.78. The lowest BCUT2D eigenvalue weighted by Crippen LogP contribution is -2.56. The Morgan fingerprint density at radius 3 is 2.72 bits per heavy atom. The normalized spacial score (nSPS) is 27.9. The summed E-state index contributed by atoms with van der Waals surface area (Å²) in [6, 6.07) is 9.07. The molecule has 0 aliphatic carbocycles. The molecule has 98 valence electrons. The van der Waals surface area contributed by atoms with E-state index in [-0.39, 0.29) is 18.9 Å². The lowest BCUT2D eigenvalue weighted by Gasteiger charge is -2.32. The molecular weight excluding hydrogens is 234 g/mol. The van der Waals surface area contributed by atoms with Crippen molar-refractivity contribution in [2.45, 2.75) is 31.3 Å². The highest BCUT2D eigenvalue weighted by Crippen LogP contribution is 2.11. The zero-order valence-corrected chi connectivity index (χ0v) is 9.95. The monoisotopic (exact) mass is 251 g/mol. The van der Waals surface area contributed by atoms with Gasteiger partial charge >= 0.3 is 0 Å². The van der Waals surface area contributed by atoms with Gasteiger partial charge in [0.05, 0.1) is 31.8 Å². The summed E-state index contributed by atoms with van der Waals surface area (Å²) in [5, 5.41) is 21.8. The van der Waals surface area contributed by atoms with Gasteiger partial charge in [-0.1, -0.05) is 30.3 Å². The third kappa shape index (κ3) is 3.29. The lowest BCUT2D eigenvalue weighted by atomic mass is 9.98. The summed E-state index contributed by atoms with van der Waals surface area (Å²) in [6.45, 7) is 0.592. The van der Waals surface area contributed by atoms with Gasteiger partial charge in [0, 0.05) is 0 Å². The van der Waals surface area contributed by atoms with Gasteiger partial charge in [0.25, 0.3) is 0 Å². The van der Waals surface area contributed by atoms with Crippen molar-refractivity contribution in [3.8, 4) is 0 Å². The molecule has 5 heteroatoms. The van der Waals surface area contributed by atoms with Gasteiger partial charge in [-0.05, 0) is 5.56 Å². The van der Waals surface area contributed by atoms with Crippen LogP contribution in [0.1, 0.15) is 12.0 Å². The van der Waals surface area contributed by atoms with Crippen LogP contribution in [-0.4, -0.2) is 41.0 Å². The lowest BCUT2D eigenvalue weighted by molar-refractivity contribution is -0.135. The number of hydrogen-bond donors (Lipinski definition) is 3. The van der Waals surface area contributed by atoms with E-state index in [1.165, 1.54) is 0 Å². The van der Waals surface area contributed by atoms with Gasteiger partial charge in [0.15, 0.2) is 0 Å². The number of carbonyl (C=O) groups excluding carboxylic acids is 1. The van der Waals surface area contributed by atoms with Crippen LogP contribution >= 0.6 is 0 Å². The Kier molecular flexibility index (Phi) is 4.30. The predicted octanol–water partition coefficient (Wildman–Crippen LogP) is -0.187. The molecule has 3 N–H and O–H groups in total. The first-order chi connectivity index (χ1) is 8.66. The molecule has 0 saturated carbocycles. The summed E-state index contributed by atoms with van der Waals surface area (Å²) < 4.78 is 5.44. The van der Waals surface area contributed by atoms with Gasteiger partial charge in [0.1, 0.15) is 6.10 Å². The number of hydrogen-bond acceptors (Lipinski definition) is 4. The molecule has 0 bridgehead atoms. The number of benzene rings is 1. The summed E-state index contributed by atoms with van der Waals surface area (Å²) in [5.41, 5.74) is 1.02. The van der Waals surface area contributed by atoms with Gasteiger partial charge in [0.2, 0.25) is 5.91 Å². The Hall–Kier alpha value is -1.43. The number of nitrogens with one attached hydrogen (secondary N) is 1. The van der Waals surface area contributed by atoms with Crippen LogP contribution in [-0.2, 0) is 16.1 Å². The minimum absolute atomic E-state index is 0.0592. The molecule has 1 fully saturated rings. The first kappa shape index (κ1) is 13.0. The molecule has 1 amide bonds. The van der Waals surface area contributed by atoms with Crippen molar-refractivity contribution in [1.29, 1.82) is 0 Å². The highest BCUT2D eigenvalue weighted by atomic mass is 16.5. The van der Waals surface area contributed by atoms with Crippen molar-refractivity contribution in [3.63, 3.8) is 0 Å². The average molecular weight is 251 g/mol. The van der Waals surface area contributed by atoms with E-state index in [2.05, 4.69) is 5.32 Å². The molecule has 3 atom stereocenters. The van der Waals surface area contributed by atoms with E-state index in [9.17, 15) is 15.0 Å². The largest absolute Gasteiger partial charge is 0.390 e. The molecule has 2 rings (SSSR count). The van der Waals surface area contributed by atoms with Crippen molar-refractivity contribution in [1.82, 2.24) is 5.32 Å². The quantitative estimate of drug-likeness (QED) is 0.693. The molecule has 1 saturated heterocycles. The molecule has 5 nitrogen and oxygen atoms in total. The average Bonchev–Trinajstić information content (AvgIpc) is 2.36. The smallest absolute Gasteiger partial charge is 0.223 e. The number of amides is 1. The standard InChI is InChI=1S/C13H17NO4/c15-11-6-12(16)14-10(13(11)17)8-18-7-9-4-2-1-3-5-9/h1-5,10-11,13,15,17H,6-8H2,(H,14,16)/t10-,11+,13+/m1/s1. The minimum Gasteiger partial charge on any atom is -0.390 e. The first-order valence-corrected chi connectivity index (χ1v) is 5.94. The van der Waals surface area contributed by atoms with Gasteiger partial charge in [-0.25, -0.2) is 0 Å². The summed E-state index contributed by atoms with van der Waals surface area (Å²) in [4.78, 5) is 11.2. The van der Waals surface area contributed by atoms with E-state index in [0.717, 1.165) is 5.56 Å². The Morgan fingerprint density at radius 1 is 1.28 bits per heavy atom. The molecule has 18 heavy (non-hydrogen) atoms. The fourth-order valence-electron chi connectivity index (χ4n) is 1.95. The third-order valence-corrected chi connectivity index (χ3v) is 2.96. The Bertz CT molecular complexity index is 395. The van der Waals surface area contributed by atoms with Crippen molar-refractivity contribution >= 4 is 5.91 Å². The molecule has 0 spiro atoms. The van der Waals surface area contributed by atoms with Crippen molar-refractivity contribution in [2.75, 3.05) is 6.61 Å². The van der Waals surface area contributed by atoms with Crippen molar-refractivity contribution < 1.29 is 19.7 Å². The maximum absolute atomic E-state index is 11.2. The fraction of sp³-hybridized carbons (Fsp3) is 0.462. The molecule has 0 aromatic heterocycles. The maximum atomic E-state index is 11.2. The van der Waals surface area contributed by atoms with E-state index >= 15 is 0 Å². The van der Waals surface area contributed by atoms with E-state index in [4.69, 9.17) is 4.74 Å². The molecule has 1 aromatic carbocycles. The van der Waals surface area contributed by atoms with Crippen LogP contribution in [0.3, 0.4) is 0 Å². The zero-order chi connectivity index (χ0) is 13.0.